The fourth-order valence-electron chi connectivity index (χ4n) is 3.37. The molecule has 3 amide bonds. The molecule has 1 N–H and O–H groups in total. The number of fused-ring (bicyclic) bond motifs is 3. The van der Waals surface area contributed by atoms with E-state index in [1.807, 2.05) is 60.9 Å². The van der Waals surface area contributed by atoms with Gasteiger partial charge in [0.05, 0.1) is 0 Å². The van der Waals surface area contributed by atoms with Crippen LogP contribution in [0.15, 0.2) is 41.4 Å². The zero-order chi connectivity index (χ0) is 18.4. The smallest absolute Gasteiger partial charge is 0.270 e. The molecule has 0 spiro atoms. The van der Waals surface area contributed by atoms with Crippen LogP contribution in [0.3, 0.4) is 0 Å². The molecule has 7 nitrogen and oxygen atoms in total. The number of aromatic nitrogens is 2. The van der Waals surface area contributed by atoms with Crippen molar-refractivity contribution in [2.24, 2.45) is 4.99 Å². The summed E-state index contributed by atoms with van der Waals surface area (Å²) in [5, 5.41) is 0. The van der Waals surface area contributed by atoms with E-state index in [9.17, 15) is 9.59 Å². The quantitative estimate of drug-likeness (QED) is 0.861. The highest BCUT2D eigenvalue weighted by Crippen LogP contribution is 2.28. The van der Waals surface area contributed by atoms with Gasteiger partial charge in [0.15, 0.2) is 0 Å². The van der Waals surface area contributed by atoms with Crippen molar-refractivity contribution in [3.8, 4) is 0 Å². The van der Waals surface area contributed by atoms with Crippen molar-refractivity contribution in [3.05, 3.63) is 53.4 Å². The van der Waals surface area contributed by atoms with Crippen LogP contribution < -0.4 is 4.57 Å². The lowest BCUT2D eigenvalue weighted by Crippen LogP contribution is -2.63. The molecule has 26 heavy (non-hydrogen) atoms. The van der Waals surface area contributed by atoms with Crippen molar-refractivity contribution >= 4 is 29.8 Å². The summed E-state index contributed by atoms with van der Waals surface area (Å²) in [7, 11) is 1.66. The predicted octanol–water partition coefficient (Wildman–Crippen LogP) is 2.11. The van der Waals surface area contributed by atoms with Crippen LogP contribution in [-0.4, -0.2) is 46.2 Å². The van der Waals surface area contributed by atoms with Gasteiger partial charge in [0.2, 0.25) is 11.9 Å². The van der Waals surface area contributed by atoms with E-state index in [1.54, 1.807) is 7.05 Å². The Morgan fingerprint density at radius 3 is 2.69 bits per heavy atom. The fourth-order valence-corrected chi connectivity index (χ4v) is 3.37. The number of aliphatic imine (C=N–C) groups is 1. The van der Waals surface area contributed by atoms with Crippen molar-refractivity contribution < 1.29 is 14.2 Å². The molecule has 3 heterocycles. The van der Waals surface area contributed by atoms with Gasteiger partial charge in [0, 0.05) is 13.6 Å². The molecule has 2 aliphatic heterocycles. The van der Waals surface area contributed by atoms with Crippen molar-refractivity contribution in [2.45, 2.75) is 19.9 Å². The topological polar surface area (TPSA) is 72.7 Å². The molecule has 2 aromatic rings. The maximum Gasteiger partial charge on any atom is 0.399 e. The minimum Gasteiger partial charge on any atom is -0.270 e. The number of carbonyl (C=O) groups excluding carboxylic acids is 2. The summed E-state index contributed by atoms with van der Waals surface area (Å²) in [6.45, 7) is 4.11. The third kappa shape index (κ3) is 2.35. The third-order valence-electron chi connectivity index (χ3n) is 4.91. The van der Waals surface area contributed by atoms with E-state index in [0.717, 1.165) is 17.0 Å². The van der Waals surface area contributed by atoms with Gasteiger partial charge in [-0.05, 0) is 19.4 Å². The SMILES string of the molecule is Cc1[nH]c2[n+](c1C)C1C(=O)N(C/C=C/c3ccccc3)C(=O)N(C)C1=N2. The lowest BCUT2D eigenvalue weighted by Gasteiger charge is -2.32. The zero-order valence-corrected chi connectivity index (χ0v) is 14.9. The molecule has 1 atom stereocenters. The number of carbonyl (C=O) groups is 2. The number of imidazole rings is 1. The predicted molar refractivity (Wildman–Crippen MR) is 96.9 cm³/mol. The van der Waals surface area contributed by atoms with E-state index in [1.165, 1.54) is 9.80 Å². The maximum absolute atomic E-state index is 13.1. The first-order valence-electron chi connectivity index (χ1n) is 8.49. The van der Waals surface area contributed by atoms with Crippen LogP contribution in [0.4, 0.5) is 10.7 Å². The highest BCUT2D eigenvalue weighted by Gasteiger charge is 2.52. The highest BCUT2D eigenvalue weighted by atomic mass is 16.2. The zero-order valence-electron chi connectivity index (χ0n) is 14.9. The molecule has 2 aliphatic rings. The number of hydrogen-bond acceptors (Lipinski definition) is 3. The second-order valence-electron chi connectivity index (χ2n) is 6.51. The Morgan fingerprint density at radius 1 is 1.23 bits per heavy atom. The Kier molecular flexibility index (Phi) is 3.72. The Bertz CT molecular complexity index is 958. The van der Waals surface area contributed by atoms with Gasteiger partial charge < -0.3 is 0 Å². The molecule has 0 radical (unpaired) electrons. The van der Waals surface area contributed by atoms with E-state index in [4.69, 9.17) is 0 Å². The first-order valence-corrected chi connectivity index (χ1v) is 8.49. The molecule has 1 saturated heterocycles. The lowest BCUT2D eigenvalue weighted by atomic mass is 10.1. The van der Waals surface area contributed by atoms with Crippen LogP contribution >= 0.6 is 0 Å². The number of nitrogens with zero attached hydrogens (tertiary/aromatic N) is 4. The number of imide groups is 1. The summed E-state index contributed by atoms with van der Waals surface area (Å²) in [6.07, 6.45) is 3.74. The van der Waals surface area contributed by atoms with Gasteiger partial charge in [0.25, 0.3) is 5.91 Å². The number of amidine groups is 1. The second-order valence-corrected chi connectivity index (χ2v) is 6.51. The van der Waals surface area contributed by atoms with E-state index in [0.29, 0.717) is 11.8 Å². The van der Waals surface area contributed by atoms with Crippen LogP contribution in [0.2, 0.25) is 0 Å². The van der Waals surface area contributed by atoms with Gasteiger partial charge in [-0.15, -0.1) is 0 Å². The molecular weight excluding hydrogens is 330 g/mol. The van der Waals surface area contributed by atoms with Crippen LogP contribution in [0.5, 0.6) is 0 Å². The fraction of sp³-hybridized carbons (Fsp3) is 0.263. The number of aromatic amines is 1. The summed E-state index contributed by atoms with van der Waals surface area (Å²) < 4.78 is 1.86. The molecule has 4 rings (SSSR count). The number of H-pyrrole nitrogens is 1. The third-order valence-corrected chi connectivity index (χ3v) is 4.91. The summed E-state index contributed by atoms with van der Waals surface area (Å²) in [4.78, 5) is 36.1. The first kappa shape index (κ1) is 16.3. The van der Waals surface area contributed by atoms with Crippen LogP contribution in [0.1, 0.15) is 23.0 Å². The Hall–Kier alpha value is -3.22. The van der Waals surface area contributed by atoms with Crippen molar-refractivity contribution in [3.63, 3.8) is 0 Å². The van der Waals surface area contributed by atoms with E-state index in [-0.39, 0.29) is 18.5 Å². The van der Waals surface area contributed by atoms with Gasteiger partial charge in [-0.3, -0.25) is 14.6 Å². The maximum atomic E-state index is 13.1. The number of rotatable bonds is 3. The van der Waals surface area contributed by atoms with Gasteiger partial charge in [-0.25, -0.2) is 14.3 Å². The van der Waals surface area contributed by atoms with Gasteiger partial charge in [-0.2, -0.15) is 0 Å². The molecule has 1 unspecified atom stereocenters. The number of urea groups is 1. The van der Waals surface area contributed by atoms with Gasteiger partial charge in [0.1, 0.15) is 11.4 Å². The summed E-state index contributed by atoms with van der Waals surface area (Å²) in [6, 6.07) is 8.82. The minimum absolute atomic E-state index is 0.221. The Labute approximate surface area is 151 Å². The number of benzene rings is 1. The van der Waals surface area contributed by atoms with Crippen LogP contribution in [0, 0.1) is 13.8 Å². The normalized spacial score (nSPS) is 19.2. The van der Waals surface area contributed by atoms with Gasteiger partial charge >= 0.3 is 12.0 Å². The second kappa shape index (κ2) is 5.94. The Balaban J connectivity index is 1.63. The molecular formula is C19H20N5O2+. The van der Waals surface area contributed by atoms with Gasteiger partial charge in [-0.1, -0.05) is 47.5 Å². The lowest BCUT2D eigenvalue weighted by molar-refractivity contribution is -0.682. The van der Waals surface area contributed by atoms with E-state index >= 15 is 0 Å². The first-order chi connectivity index (χ1) is 12.5. The molecule has 0 aliphatic carbocycles. The molecule has 132 valence electrons. The van der Waals surface area contributed by atoms with Crippen LogP contribution in [0.25, 0.3) is 6.08 Å². The minimum atomic E-state index is -0.595. The number of likely N-dealkylation sites (N-methyl/N-ethyl adjacent to an activating group) is 1. The molecule has 1 aromatic heterocycles. The average Bonchev–Trinajstić information content (AvgIpc) is 3.14. The average molecular weight is 350 g/mol. The molecule has 7 heteroatoms. The summed E-state index contributed by atoms with van der Waals surface area (Å²) in [5.41, 5.74) is 2.93. The number of hydrogen-bond donors (Lipinski definition) is 1. The number of amides is 3. The summed E-state index contributed by atoms with van der Waals surface area (Å²) >= 11 is 0. The standard InChI is InChI=1S/C19H19N5O2/c1-12-13(2)24-15-16(21-18(24)20-12)22(3)19(26)23(17(15)25)11-7-10-14-8-5-4-6-9-14/h4-10,15H,11H2,1-3H3/p+1/b10-7+. The largest absolute Gasteiger partial charge is 0.399 e. The molecule has 1 aromatic carbocycles. The number of aryl methyl sites for hydroxylation is 1. The Morgan fingerprint density at radius 2 is 1.96 bits per heavy atom. The highest BCUT2D eigenvalue weighted by molar-refractivity contribution is 6.19. The van der Waals surface area contributed by atoms with Crippen molar-refractivity contribution in [1.82, 2.24) is 14.8 Å². The summed E-state index contributed by atoms with van der Waals surface area (Å²) in [5.74, 6) is 0.822. The van der Waals surface area contributed by atoms with Crippen molar-refractivity contribution in [2.75, 3.05) is 13.6 Å². The molecule has 0 saturated carbocycles. The monoisotopic (exact) mass is 350 g/mol. The molecule has 0 bridgehead atoms. The number of nitrogens with one attached hydrogen (secondary N) is 1. The van der Waals surface area contributed by atoms with Crippen LogP contribution in [-0.2, 0) is 4.79 Å². The van der Waals surface area contributed by atoms with Crippen molar-refractivity contribution in [1.29, 1.82) is 0 Å². The van der Waals surface area contributed by atoms with E-state index in [2.05, 4.69) is 9.98 Å². The van der Waals surface area contributed by atoms with E-state index < -0.39 is 6.04 Å². The molecule has 1 fully saturated rings.